The molecule has 4 rings (SSSR count). The fourth-order valence-corrected chi connectivity index (χ4v) is 3.31. The Bertz CT molecular complexity index is 840. The molecule has 6 heteroatoms. The molecule has 26 heavy (non-hydrogen) atoms. The second-order valence-corrected chi connectivity index (χ2v) is 6.61. The number of aromatic nitrogens is 3. The van der Waals surface area contributed by atoms with E-state index in [1.165, 1.54) is 17.2 Å². The molecule has 134 valence electrons. The average Bonchev–Trinajstić information content (AvgIpc) is 3.10. The lowest BCUT2D eigenvalue weighted by molar-refractivity contribution is 0.249. The molecule has 5 nitrogen and oxygen atoms in total. The molecule has 1 fully saturated rings. The van der Waals surface area contributed by atoms with Crippen LogP contribution in [0.15, 0.2) is 60.9 Å². The van der Waals surface area contributed by atoms with Crippen LogP contribution in [0, 0.1) is 5.95 Å². The molecule has 0 unspecified atom stereocenters. The molecule has 3 aromatic rings. The number of pyridine rings is 1. The Morgan fingerprint density at radius 1 is 0.846 bits per heavy atom. The predicted molar refractivity (Wildman–Crippen MR) is 99.5 cm³/mol. The van der Waals surface area contributed by atoms with Crippen molar-refractivity contribution in [2.75, 3.05) is 31.1 Å². The molecule has 0 N–H and O–H groups in total. The molecule has 0 spiro atoms. The highest BCUT2D eigenvalue weighted by molar-refractivity contribution is 5.38. The third-order valence-electron chi connectivity index (χ3n) is 4.68. The minimum Gasteiger partial charge on any atom is -0.354 e. The number of piperazine rings is 1. The van der Waals surface area contributed by atoms with Crippen molar-refractivity contribution in [3.05, 3.63) is 78.0 Å². The summed E-state index contributed by atoms with van der Waals surface area (Å²) >= 11 is 0. The molecule has 0 amide bonds. The zero-order chi connectivity index (χ0) is 17.8. The van der Waals surface area contributed by atoms with Crippen LogP contribution in [0.4, 0.5) is 10.2 Å². The second kappa shape index (κ2) is 7.66. The van der Waals surface area contributed by atoms with E-state index in [-0.39, 0.29) is 0 Å². The van der Waals surface area contributed by atoms with Crippen LogP contribution >= 0.6 is 0 Å². The van der Waals surface area contributed by atoms with E-state index < -0.39 is 5.95 Å². The van der Waals surface area contributed by atoms with Crippen LogP contribution in [-0.4, -0.2) is 45.8 Å². The molecule has 0 atom stereocenters. The van der Waals surface area contributed by atoms with E-state index in [4.69, 9.17) is 0 Å². The Balaban J connectivity index is 1.31. The number of benzene rings is 1. The summed E-state index contributed by atoms with van der Waals surface area (Å²) in [5, 5.41) is 4.48. The van der Waals surface area contributed by atoms with Crippen molar-refractivity contribution in [2.24, 2.45) is 0 Å². The van der Waals surface area contributed by atoms with E-state index in [0.29, 0.717) is 0 Å². The standard InChI is InChI=1S/C20H22FN5/c21-19-7-4-8-20(23-19)25-11-9-24(10-12-25)14-18-13-22-26(16-18)15-17-5-2-1-3-6-17/h1-8,13,16H,9-12,14-15H2. The Kier molecular flexibility index (Phi) is 4.93. The lowest BCUT2D eigenvalue weighted by atomic mass is 10.2. The Morgan fingerprint density at radius 3 is 2.42 bits per heavy atom. The summed E-state index contributed by atoms with van der Waals surface area (Å²) in [6.07, 6.45) is 4.07. The second-order valence-electron chi connectivity index (χ2n) is 6.61. The van der Waals surface area contributed by atoms with E-state index in [1.54, 1.807) is 6.07 Å². The molecule has 1 aliphatic heterocycles. The maximum absolute atomic E-state index is 13.3. The number of hydrogen-bond acceptors (Lipinski definition) is 4. The highest BCUT2D eigenvalue weighted by Gasteiger charge is 2.18. The van der Waals surface area contributed by atoms with Gasteiger partial charge in [0.15, 0.2) is 0 Å². The van der Waals surface area contributed by atoms with E-state index in [2.05, 4.69) is 38.2 Å². The summed E-state index contributed by atoms with van der Waals surface area (Å²) in [5.41, 5.74) is 2.47. The van der Waals surface area contributed by atoms with Gasteiger partial charge in [-0.2, -0.15) is 9.49 Å². The largest absolute Gasteiger partial charge is 0.354 e. The summed E-state index contributed by atoms with van der Waals surface area (Å²) in [4.78, 5) is 8.52. The maximum atomic E-state index is 13.3. The molecule has 0 bridgehead atoms. The van der Waals surface area contributed by atoms with Crippen molar-refractivity contribution in [3.63, 3.8) is 0 Å². The third-order valence-corrected chi connectivity index (χ3v) is 4.68. The van der Waals surface area contributed by atoms with Gasteiger partial charge in [-0.25, -0.2) is 4.98 Å². The predicted octanol–water partition coefficient (Wildman–Crippen LogP) is 2.79. The number of rotatable bonds is 5. The van der Waals surface area contributed by atoms with Crippen molar-refractivity contribution >= 4 is 5.82 Å². The van der Waals surface area contributed by atoms with Gasteiger partial charge in [0.05, 0.1) is 12.7 Å². The van der Waals surface area contributed by atoms with Crippen LogP contribution in [0.3, 0.4) is 0 Å². The maximum Gasteiger partial charge on any atom is 0.214 e. The zero-order valence-electron chi connectivity index (χ0n) is 14.6. The van der Waals surface area contributed by atoms with Gasteiger partial charge in [0.1, 0.15) is 5.82 Å². The number of hydrogen-bond donors (Lipinski definition) is 0. The zero-order valence-corrected chi connectivity index (χ0v) is 14.6. The lowest BCUT2D eigenvalue weighted by Crippen LogP contribution is -2.46. The fourth-order valence-electron chi connectivity index (χ4n) is 3.31. The molecule has 1 aromatic carbocycles. The monoisotopic (exact) mass is 351 g/mol. The molecule has 2 aromatic heterocycles. The number of halogens is 1. The SMILES string of the molecule is Fc1cccc(N2CCN(Cc3cnn(Cc4ccccc4)c3)CC2)n1. The smallest absolute Gasteiger partial charge is 0.214 e. The highest BCUT2D eigenvalue weighted by Crippen LogP contribution is 2.15. The topological polar surface area (TPSA) is 37.2 Å². The molecule has 0 aliphatic carbocycles. The van der Waals surface area contributed by atoms with Crippen LogP contribution in [0.1, 0.15) is 11.1 Å². The van der Waals surface area contributed by atoms with Crippen molar-refractivity contribution < 1.29 is 4.39 Å². The third kappa shape index (κ3) is 4.08. The van der Waals surface area contributed by atoms with Gasteiger partial charge in [0.2, 0.25) is 5.95 Å². The fraction of sp³-hybridized carbons (Fsp3) is 0.300. The van der Waals surface area contributed by atoms with Crippen molar-refractivity contribution in [2.45, 2.75) is 13.1 Å². The first-order valence-electron chi connectivity index (χ1n) is 8.91. The first-order chi connectivity index (χ1) is 12.8. The summed E-state index contributed by atoms with van der Waals surface area (Å²) in [6, 6.07) is 15.3. The normalized spacial score (nSPS) is 15.3. The minimum atomic E-state index is -0.421. The Hall–Kier alpha value is -2.73. The molecule has 0 radical (unpaired) electrons. The Labute approximate surface area is 152 Å². The quantitative estimate of drug-likeness (QED) is 0.663. The highest BCUT2D eigenvalue weighted by atomic mass is 19.1. The van der Waals surface area contributed by atoms with Crippen LogP contribution in [-0.2, 0) is 13.1 Å². The van der Waals surface area contributed by atoms with E-state index in [1.807, 2.05) is 35.1 Å². The van der Waals surface area contributed by atoms with Crippen LogP contribution in [0.5, 0.6) is 0 Å². The van der Waals surface area contributed by atoms with Gasteiger partial charge in [-0.05, 0) is 17.7 Å². The van der Waals surface area contributed by atoms with Gasteiger partial charge in [-0.3, -0.25) is 9.58 Å². The summed E-state index contributed by atoms with van der Waals surface area (Å²) in [7, 11) is 0. The molecule has 1 saturated heterocycles. The molecular weight excluding hydrogens is 329 g/mol. The van der Waals surface area contributed by atoms with Gasteiger partial charge in [0.25, 0.3) is 0 Å². The van der Waals surface area contributed by atoms with Crippen LogP contribution in [0.25, 0.3) is 0 Å². The van der Waals surface area contributed by atoms with Gasteiger partial charge < -0.3 is 4.90 Å². The summed E-state index contributed by atoms with van der Waals surface area (Å²) < 4.78 is 15.3. The minimum absolute atomic E-state index is 0.421. The number of anilines is 1. The van der Waals surface area contributed by atoms with Crippen molar-refractivity contribution in [1.29, 1.82) is 0 Å². The molecule has 1 aliphatic rings. The van der Waals surface area contributed by atoms with Crippen LogP contribution < -0.4 is 4.90 Å². The average molecular weight is 351 g/mol. The first kappa shape index (κ1) is 16.7. The van der Waals surface area contributed by atoms with E-state index >= 15 is 0 Å². The summed E-state index contributed by atoms with van der Waals surface area (Å²) in [5.74, 6) is 0.302. The Morgan fingerprint density at radius 2 is 1.65 bits per heavy atom. The molecular formula is C20H22FN5. The van der Waals surface area contributed by atoms with Crippen LogP contribution in [0.2, 0.25) is 0 Å². The van der Waals surface area contributed by atoms with Gasteiger partial charge in [-0.1, -0.05) is 36.4 Å². The van der Waals surface area contributed by atoms with Gasteiger partial charge >= 0.3 is 0 Å². The first-order valence-corrected chi connectivity index (χ1v) is 8.91. The molecule has 3 heterocycles. The number of nitrogens with zero attached hydrogens (tertiary/aromatic N) is 5. The van der Waals surface area contributed by atoms with E-state index in [0.717, 1.165) is 45.1 Å². The van der Waals surface area contributed by atoms with Gasteiger partial charge in [0, 0.05) is 44.5 Å². The summed E-state index contributed by atoms with van der Waals surface area (Å²) in [6.45, 7) is 5.26. The van der Waals surface area contributed by atoms with Crippen molar-refractivity contribution in [3.8, 4) is 0 Å². The van der Waals surface area contributed by atoms with E-state index in [9.17, 15) is 4.39 Å². The van der Waals surface area contributed by atoms with Crippen molar-refractivity contribution in [1.82, 2.24) is 19.7 Å². The molecule has 0 saturated carbocycles. The van der Waals surface area contributed by atoms with Gasteiger partial charge in [-0.15, -0.1) is 0 Å². The lowest BCUT2D eigenvalue weighted by Gasteiger charge is -2.35.